The number of halogens is 1. The average molecular weight is 234 g/mol. The van der Waals surface area contributed by atoms with Crippen molar-refractivity contribution in [1.29, 1.82) is 0 Å². The number of hydrogen-bond acceptors (Lipinski definition) is 2. The van der Waals surface area contributed by atoms with E-state index in [1.807, 2.05) is 6.07 Å². The third-order valence-corrected chi connectivity index (χ3v) is 4.09. The summed E-state index contributed by atoms with van der Waals surface area (Å²) in [6, 6.07) is 4.91. The Bertz CT molecular complexity index is 448. The van der Waals surface area contributed by atoms with E-state index in [1.54, 1.807) is 6.07 Å². The van der Waals surface area contributed by atoms with Gasteiger partial charge in [-0.15, -0.1) is 0 Å². The Kier molecular flexibility index (Phi) is 2.51. The highest BCUT2D eigenvalue weighted by molar-refractivity contribution is 5.54. The van der Waals surface area contributed by atoms with Crippen LogP contribution in [0.3, 0.4) is 0 Å². The second-order valence-electron chi connectivity index (χ2n) is 5.06. The highest BCUT2D eigenvalue weighted by atomic mass is 19.1. The molecule has 1 saturated carbocycles. The van der Waals surface area contributed by atoms with Gasteiger partial charge < -0.3 is 9.53 Å². The lowest BCUT2D eigenvalue weighted by Crippen LogP contribution is -2.31. The zero-order valence-electron chi connectivity index (χ0n) is 9.62. The number of carbonyl (C=O) groups is 1. The average Bonchev–Trinajstić information content (AvgIpc) is 2.69. The summed E-state index contributed by atoms with van der Waals surface area (Å²) >= 11 is 0. The molecule has 1 aliphatic carbocycles. The second kappa shape index (κ2) is 3.91. The van der Waals surface area contributed by atoms with Crippen molar-refractivity contribution in [2.45, 2.75) is 37.9 Å². The number of fused-ring (bicyclic) bond motifs is 2. The monoisotopic (exact) mass is 234 g/mol. The van der Waals surface area contributed by atoms with Gasteiger partial charge >= 0.3 is 0 Å². The van der Waals surface area contributed by atoms with Gasteiger partial charge in [0.2, 0.25) is 0 Å². The van der Waals surface area contributed by atoms with Gasteiger partial charge in [0.15, 0.2) is 0 Å². The van der Waals surface area contributed by atoms with E-state index < -0.39 is 0 Å². The predicted molar refractivity (Wildman–Crippen MR) is 60.9 cm³/mol. The first-order chi connectivity index (χ1) is 8.23. The largest absolute Gasteiger partial charge is 0.366 e. The fourth-order valence-electron chi connectivity index (χ4n) is 3.08. The van der Waals surface area contributed by atoms with E-state index in [4.69, 9.17) is 4.74 Å². The molecule has 17 heavy (non-hydrogen) atoms. The summed E-state index contributed by atoms with van der Waals surface area (Å²) < 4.78 is 19.0. The van der Waals surface area contributed by atoms with Gasteiger partial charge in [-0.3, -0.25) is 0 Å². The predicted octanol–water partition coefficient (Wildman–Crippen LogP) is 2.94. The molecular formula is C14H15FO2. The van der Waals surface area contributed by atoms with Crippen molar-refractivity contribution >= 4 is 6.29 Å². The number of hydrogen-bond donors (Lipinski definition) is 0. The molecule has 3 rings (SSSR count). The summed E-state index contributed by atoms with van der Waals surface area (Å²) in [5.74, 6) is -0.0281. The van der Waals surface area contributed by atoms with Crippen molar-refractivity contribution in [3.05, 3.63) is 35.1 Å². The summed E-state index contributed by atoms with van der Waals surface area (Å²) in [4.78, 5) is 10.8. The molecule has 90 valence electrons. The van der Waals surface area contributed by atoms with Gasteiger partial charge in [0.25, 0.3) is 0 Å². The highest BCUT2D eigenvalue weighted by Crippen LogP contribution is 2.47. The van der Waals surface area contributed by atoms with Crippen molar-refractivity contribution < 1.29 is 13.9 Å². The van der Waals surface area contributed by atoms with E-state index in [9.17, 15) is 9.18 Å². The van der Waals surface area contributed by atoms with Crippen LogP contribution in [0.25, 0.3) is 0 Å². The molecule has 0 N–H and O–H groups in total. The molecule has 0 radical (unpaired) electrons. The fourth-order valence-corrected chi connectivity index (χ4v) is 3.08. The smallest absolute Gasteiger partial charge is 0.123 e. The zero-order valence-corrected chi connectivity index (χ0v) is 9.62. The molecule has 0 bridgehead atoms. The minimum atomic E-state index is -0.247. The topological polar surface area (TPSA) is 26.3 Å². The number of aldehydes is 1. The summed E-state index contributed by atoms with van der Waals surface area (Å²) in [5, 5.41) is 0. The Morgan fingerprint density at radius 2 is 2.12 bits per heavy atom. The van der Waals surface area contributed by atoms with Crippen molar-refractivity contribution in [2.24, 2.45) is 5.92 Å². The van der Waals surface area contributed by atoms with Crippen LogP contribution in [0.1, 0.15) is 36.8 Å². The maximum Gasteiger partial charge on any atom is 0.123 e. The van der Waals surface area contributed by atoms with Gasteiger partial charge in [-0.25, -0.2) is 4.39 Å². The van der Waals surface area contributed by atoms with Crippen LogP contribution in [0.15, 0.2) is 18.2 Å². The standard InChI is InChI=1S/C14H15FO2/c15-12-1-2-13-11(7-12)9-17-14(13)5-3-10(8-16)4-6-14/h1-2,7-8,10H,3-6,9H2. The number of carbonyl (C=O) groups excluding carboxylic acids is 1. The summed E-state index contributed by atoms with van der Waals surface area (Å²) in [5.41, 5.74) is 1.85. The van der Waals surface area contributed by atoms with Crippen LogP contribution in [-0.4, -0.2) is 6.29 Å². The minimum absolute atomic E-state index is 0.175. The first kappa shape index (κ1) is 10.9. The second-order valence-corrected chi connectivity index (χ2v) is 5.06. The zero-order chi connectivity index (χ0) is 11.9. The van der Waals surface area contributed by atoms with E-state index in [-0.39, 0.29) is 17.3 Å². The molecule has 1 aliphatic heterocycles. The Labute approximate surface area is 99.8 Å². The Balaban J connectivity index is 1.90. The van der Waals surface area contributed by atoms with Crippen molar-refractivity contribution in [3.63, 3.8) is 0 Å². The molecule has 0 aromatic heterocycles. The first-order valence-corrected chi connectivity index (χ1v) is 6.12. The molecule has 2 aliphatic rings. The first-order valence-electron chi connectivity index (χ1n) is 6.12. The van der Waals surface area contributed by atoms with Gasteiger partial charge in [0.05, 0.1) is 12.2 Å². The molecule has 3 heteroatoms. The summed E-state index contributed by atoms with van der Waals surface area (Å²) in [6.45, 7) is 0.499. The molecule has 1 fully saturated rings. The number of rotatable bonds is 1. The van der Waals surface area contributed by atoms with E-state index in [0.29, 0.717) is 6.61 Å². The van der Waals surface area contributed by atoms with Crippen LogP contribution in [0.4, 0.5) is 4.39 Å². The molecule has 0 unspecified atom stereocenters. The van der Waals surface area contributed by atoms with E-state index in [1.165, 1.54) is 6.07 Å². The fraction of sp³-hybridized carbons (Fsp3) is 0.500. The van der Waals surface area contributed by atoms with Crippen LogP contribution >= 0.6 is 0 Å². The molecule has 0 atom stereocenters. The van der Waals surface area contributed by atoms with Crippen LogP contribution in [0.2, 0.25) is 0 Å². The van der Waals surface area contributed by atoms with Crippen LogP contribution < -0.4 is 0 Å². The molecule has 2 nitrogen and oxygen atoms in total. The number of ether oxygens (including phenoxy) is 1. The summed E-state index contributed by atoms with van der Waals surface area (Å²) in [7, 11) is 0. The third kappa shape index (κ3) is 1.69. The third-order valence-electron chi connectivity index (χ3n) is 4.09. The Morgan fingerprint density at radius 1 is 1.35 bits per heavy atom. The Hall–Kier alpha value is -1.22. The van der Waals surface area contributed by atoms with Crippen molar-refractivity contribution in [1.82, 2.24) is 0 Å². The van der Waals surface area contributed by atoms with Crippen LogP contribution in [0.5, 0.6) is 0 Å². The molecule has 1 aromatic carbocycles. The maximum absolute atomic E-state index is 13.1. The van der Waals surface area contributed by atoms with Gasteiger partial charge in [-0.1, -0.05) is 6.07 Å². The van der Waals surface area contributed by atoms with Gasteiger partial charge in [-0.2, -0.15) is 0 Å². The minimum Gasteiger partial charge on any atom is -0.366 e. The molecule has 1 aromatic rings. The van der Waals surface area contributed by atoms with Crippen molar-refractivity contribution in [3.8, 4) is 0 Å². The van der Waals surface area contributed by atoms with Crippen molar-refractivity contribution in [2.75, 3.05) is 0 Å². The molecule has 0 amide bonds. The lowest BCUT2D eigenvalue weighted by molar-refractivity contribution is -0.116. The van der Waals surface area contributed by atoms with Crippen LogP contribution in [-0.2, 0) is 21.7 Å². The molecule has 0 saturated heterocycles. The SMILES string of the molecule is O=CC1CCC2(CC1)OCc1cc(F)ccc12. The highest BCUT2D eigenvalue weighted by Gasteiger charge is 2.42. The normalized spacial score (nSPS) is 31.5. The van der Waals surface area contributed by atoms with E-state index in [2.05, 4.69) is 0 Å². The lowest BCUT2D eigenvalue weighted by atomic mass is 9.75. The lowest BCUT2D eigenvalue weighted by Gasteiger charge is -2.35. The van der Waals surface area contributed by atoms with Gasteiger partial charge in [0, 0.05) is 5.92 Å². The quantitative estimate of drug-likeness (QED) is 0.698. The van der Waals surface area contributed by atoms with Crippen LogP contribution in [0, 0.1) is 11.7 Å². The molecule has 1 spiro atoms. The van der Waals surface area contributed by atoms with E-state index >= 15 is 0 Å². The summed E-state index contributed by atoms with van der Waals surface area (Å²) in [6.07, 6.45) is 4.54. The molecule has 1 heterocycles. The maximum atomic E-state index is 13.1. The Morgan fingerprint density at radius 3 is 2.82 bits per heavy atom. The molecular weight excluding hydrogens is 219 g/mol. The van der Waals surface area contributed by atoms with E-state index in [0.717, 1.165) is 43.1 Å². The van der Waals surface area contributed by atoms with Gasteiger partial charge in [0.1, 0.15) is 12.1 Å². The van der Waals surface area contributed by atoms with Gasteiger partial charge in [-0.05, 0) is 48.9 Å². The number of benzene rings is 1.